The van der Waals surface area contributed by atoms with Crippen LogP contribution in [0.25, 0.3) is 0 Å². The number of hydrogen-bond acceptors (Lipinski definition) is 3. The first-order chi connectivity index (χ1) is 13.2. The van der Waals surface area contributed by atoms with E-state index in [0.717, 1.165) is 11.1 Å². The van der Waals surface area contributed by atoms with Gasteiger partial charge in [0.1, 0.15) is 0 Å². The first-order valence-electron chi connectivity index (χ1n) is 8.52. The van der Waals surface area contributed by atoms with E-state index in [1.54, 1.807) is 18.2 Å². The van der Waals surface area contributed by atoms with Crippen molar-refractivity contribution < 1.29 is 13.2 Å². The third-order valence-corrected chi connectivity index (χ3v) is 5.78. The highest BCUT2D eigenvalue weighted by Gasteiger charge is 2.15. The summed E-state index contributed by atoms with van der Waals surface area (Å²) in [5.74, 6) is -0.320. The van der Waals surface area contributed by atoms with E-state index in [2.05, 4.69) is 10.0 Å². The molecule has 0 fully saturated rings. The first kappa shape index (κ1) is 19.9. The molecular weight excluding hydrogens is 396 g/mol. The fraction of sp³-hybridized carbons (Fsp3) is 0.0952. The van der Waals surface area contributed by atoms with Crippen molar-refractivity contribution in [1.82, 2.24) is 0 Å². The summed E-state index contributed by atoms with van der Waals surface area (Å²) in [6.45, 7) is 3.90. The molecular formula is C21H19ClN2O3S. The second-order valence-corrected chi connectivity index (χ2v) is 8.53. The van der Waals surface area contributed by atoms with Crippen molar-refractivity contribution in [1.29, 1.82) is 0 Å². The Labute approximate surface area is 169 Å². The molecule has 3 aromatic rings. The van der Waals surface area contributed by atoms with Gasteiger partial charge in [-0.3, -0.25) is 9.52 Å². The van der Waals surface area contributed by atoms with Crippen LogP contribution in [0, 0.1) is 13.8 Å². The highest BCUT2D eigenvalue weighted by Crippen LogP contribution is 2.21. The summed E-state index contributed by atoms with van der Waals surface area (Å²) >= 11 is 5.80. The molecule has 7 heteroatoms. The molecule has 2 N–H and O–H groups in total. The molecule has 0 aromatic heterocycles. The summed E-state index contributed by atoms with van der Waals surface area (Å²) in [6.07, 6.45) is 0. The van der Waals surface area contributed by atoms with Gasteiger partial charge in [-0.2, -0.15) is 0 Å². The van der Waals surface area contributed by atoms with Gasteiger partial charge in [0.15, 0.2) is 0 Å². The summed E-state index contributed by atoms with van der Waals surface area (Å²) < 4.78 is 27.5. The molecule has 28 heavy (non-hydrogen) atoms. The molecule has 0 saturated carbocycles. The van der Waals surface area contributed by atoms with E-state index in [9.17, 15) is 13.2 Å². The average Bonchev–Trinajstić information content (AvgIpc) is 2.64. The van der Waals surface area contributed by atoms with E-state index < -0.39 is 10.0 Å². The zero-order valence-corrected chi connectivity index (χ0v) is 16.9. The molecule has 0 radical (unpaired) electrons. The zero-order valence-electron chi connectivity index (χ0n) is 15.4. The number of rotatable bonds is 5. The van der Waals surface area contributed by atoms with E-state index in [1.807, 2.05) is 32.0 Å². The number of sulfonamides is 1. The molecule has 0 aliphatic carbocycles. The first-order valence-corrected chi connectivity index (χ1v) is 10.4. The van der Waals surface area contributed by atoms with Crippen molar-refractivity contribution >= 4 is 38.9 Å². The number of halogens is 1. The number of hydrogen-bond donors (Lipinski definition) is 2. The highest BCUT2D eigenvalue weighted by atomic mass is 35.5. The molecule has 0 heterocycles. The van der Waals surface area contributed by atoms with Gasteiger partial charge < -0.3 is 5.32 Å². The monoisotopic (exact) mass is 414 g/mol. The summed E-state index contributed by atoms with van der Waals surface area (Å²) in [5.41, 5.74) is 3.41. The lowest BCUT2D eigenvalue weighted by Gasteiger charge is -2.11. The summed E-state index contributed by atoms with van der Waals surface area (Å²) in [5, 5.41) is 3.30. The van der Waals surface area contributed by atoms with E-state index in [1.165, 1.54) is 30.3 Å². The molecule has 0 aliphatic rings. The minimum atomic E-state index is -3.78. The van der Waals surface area contributed by atoms with Gasteiger partial charge in [-0.1, -0.05) is 35.4 Å². The highest BCUT2D eigenvalue weighted by molar-refractivity contribution is 7.92. The van der Waals surface area contributed by atoms with Crippen LogP contribution in [0.5, 0.6) is 0 Å². The van der Waals surface area contributed by atoms with Crippen molar-refractivity contribution in [2.75, 3.05) is 10.0 Å². The SMILES string of the molecule is Cc1ccc(NC(=O)c2cccc(NS(=O)(=O)c3ccc(Cl)cc3)c2)c(C)c1. The molecule has 3 aromatic carbocycles. The smallest absolute Gasteiger partial charge is 0.261 e. The molecule has 5 nitrogen and oxygen atoms in total. The van der Waals surface area contributed by atoms with Crippen LogP contribution in [-0.4, -0.2) is 14.3 Å². The van der Waals surface area contributed by atoms with Crippen molar-refractivity contribution in [3.63, 3.8) is 0 Å². The minimum absolute atomic E-state index is 0.0852. The number of aryl methyl sites for hydroxylation is 2. The summed E-state index contributed by atoms with van der Waals surface area (Å²) in [7, 11) is -3.78. The molecule has 0 atom stereocenters. The number of carbonyl (C=O) groups excluding carboxylic acids is 1. The zero-order chi connectivity index (χ0) is 20.3. The third kappa shape index (κ3) is 4.71. The Bertz CT molecular complexity index is 1130. The normalized spacial score (nSPS) is 11.1. The predicted octanol–water partition coefficient (Wildman–Crippen LogP) is 5.01. The van der Waals surface area contributed by atoms with Crippen molar-refractivity contribution in [2.24, 2.45) is 0 Å². The molecule has 0 spiro atoms. The lowest BCUT2D eigenvalue weighted by molar-refractivity contribution is 0.102. The number of carbonyl (C=O) groups is 1. The summed E-state index contributed by atoms with van der Waals surface area (Å²) in [4.78, 5) is 12.7. The summed E-state index contributed by atoms with van der Waals surface area (Å²) in [6, 6.07) is 17.9. The van der Waals surface area contributed by atoms with Gasteiger partial charge in [0.05, 0.1) is 4.90 Å². The van der Waals surface area contributed by atoms with E-state index in [-0.39, 0.29) is 10.8 Å². The van der Waals surface area contributed by atoms with Crippen LogP contribution in [0.4, 0.5) is 11.4 Å². The molecule has 1 amide bonds. The average molecular weight is 415 g/mol. The van der Waals surface area contributed by atoms with Crippen LogP contribution >= 0.6 is 11.6 Å². The van der Waals surface area contributed by atoms with Gasteiger partial charge in [-0.25, -0.2) is 8.42 Å². The second kappa shape index (κ2) is 8.04. The van der Waals surface area contributed by atoms with E-state index in [4.69, 9.17) is 11.6 Å². The Balaban J connectivity index is 1.79. The van der Waals surface area contributed by atoms with Gasteiger partial charge in [0, 0.05) is 22.0 Å². The second-order valence-electron chi connectivity index (χ2n) is 6.41. The van der Waals surface area contributed by atoms with Gasteiger partial charge in [-0.15, -0.1) is 0 Å². The minimum Gasteiger partial charge on any atom is -0.322 e. The number of amides is 1. The Kier molecular flexibility index (Phi) is 5.72. The fourth-order valence-corrected chi connectivity index (χ4v) is 3.88. The van der Waals surface area contributed by atoms with E-state index >= 15 is 0 Å². The van der Waals surface area contributed by atoms with Crippen molar-refractivity contribution in [2.45, 2.75) is 18.7 Å². The molecule has 3 rings (SSSR count). The topological polar surface area (TPSA) is 75.3 Å². The van der Waals surface area contributed by atoms with Crippen LogP contribution in [-0.2, 0) is 10.0 Å². The third-order valence-electron chi connectivity index (χ3n) is 4.13. The van der Waals surface area contributed by atoms with Gasteiger partial charge in [0.2, 0.25) is 0 Å². The Morgan fingerprint density at radius 2 is 1.64 bits per heavy atom. The van der Waals surface area contributed by atoms with Crippen molar-refractivity contribution in [3.8, 4) is 0 Å². The van der Waals surface area contributed by atoms with Crippen LogP contribution in [0.2, 0.25) is 5.02 Å². The largest absolute Gasteiger partial charge is 0.322 e. The van der Waals surface area contributed by atoms with Crippen molar-refractivity contribution in [3.05, 3.63) is 88.4 Å². The molecule has 144 valence electrons. The maximum atomic E-state index is 12.6. The maximum Gasteiger partial charge on any atom is 0.261 e. The molecule has 0 bridgehead atoms. The predicted molar refractivity (Wildman–Crippen MR) is 113 cm³/mol. The van der Waals surface area contributed by atoms with Crippen LogP contribution in [0.3, 0.4) is 0 Å². The van der Waals surface area contributed by atoms with Gasteiger partial charge in [0.25, 0.3) is 15.9 Å². The lowest BCUT2D eigenvalue weighted by Crippen LogP contribution is -2.15. The quantitative estimate of drug-likeness (QED) is 0.616. The van der Waals surface area contributed by atoms with Crippen LogP contribution in [0.1, 0.15) is 21.5 Å². The van der Waals surface area contributed by atoms with E-state index in [0.29, 0.717) is 22.0 Å². The van der Waals surface area contributed by atoms with Crippen LogP contribution < -0.4 is 10.0 Å². The molecule has 0 saturated heterocycles. The maximum absolute atomic E-state index is 12.6. The number of benzene rings is 3. The van der Waals surface area contributed by atoms with Gasteiger partial charge in [-0.05, 0) is 67.9 Å². The Morgan fingerprint density at radius 1 is 0.929 bits per heavy atom. The van der Waals surface area contributed by atoms with Gasteiger partial charge >= 0.3 is 0 Å². The Morgan fingerprint density at radius 3 is 2.32 bits per heavy atom. The fourth-order valence-electron chi connectivity index (χ4n) is 2.70. The molecule has 0 unspecified atom stereocenters. The lowest BCUT2D eigenvalue weighted by atomic mass is 10.1. The Hall–Kier alpha value is -2.83. The number of nitrogens with one attached hydrogen (secondary N) is 2. The molecule has 0 aliphatic heterocycles. The standard InChI is InChI=1S/C21H19ClN2O3S/c1-14-6-11-20(15(2)12-14)23-21(25)16-4-3-5-18(13-16)24-28(26,27)19-9-7-17(22)8-10-19/h3-13,24H,1-2H3,(H,23,25). The van der Waals surface area contributed by atoms with Crippen LogP contribution in [0.15, 0.2) is 71.6 Å². The number of anilines is 2.